The van der Waals surface area contributed by atoms with Crippen LogP contribution in [0.25, 0.3) is 0 Å². The number of ether oxygens (including phenoxy) is 1. The fraction of sp³-hybridized carbons (Fsp3) is 0.846. The van der Waals surface area contributed by atoms with Gasteiger partial charge in [0, 0.05) is 12.6 Å². The van der Waals surface area contributed by atoms with Gasteiger partial charge in [0.1, 0.15) is 0 Å². The fourth-order valence-electron chi connectivity index (χ4n) is 1.82. The molecule has 102 valence electrons. The van der Waals surface area contributed by atoms with Crippen molar-refractivity contribution in [1.82, 2.24) is 10.6 Å². The number of hydrogen-bond acceptors (Lipinski definition) is 4. The Bertz CT molecular complexity index is 323. The van der Waals surface area contributed by atoms with Crippen LogP contribution in [0.5, 0.6) is 0 Å². The van der Waals surface area contributed by atoms with E-state index in [9.17, 15) is 4.79 Å². The highest BCUT2D eigenvalue weighted by atomic mass is 16.5. The SMILES string of the molecule is CCCNC1COCC1C(=O)NCC(C)(C)C#N. The van der Waals surface area contributed by atoms with Crippen LogP contribution in [0.4, 0.5) is 0 Å². The lowest BCUT2D eigenvalue weighted by Gasteiger charge is -2.21. The molecule has 0 spiro atoms. The highest BCUT2D eigenvalue weighted by Crippen LogP contribution is 2.16. The van der Waals surface area contributed by atoms with Gasteiger partial charge < -0.3 is 15.4 Å². The van der Waals surface area contributed by atoms with Crippen LogP contribution in [0.15, 0.2) is 0 Å². The first-order valence-corrected chi connectivity index (χ1v) is 6.50. The van der Waals surface area contributed by atoms with Gasteiger partial charge in [-0.05, 0) is 26.8 Å². The summed E-state index contributed by atoms with van der Waals surface area (Å²) in [5.41, 5.74) is -0.526. The van der Waals surface area contributed by atoms with Crippen molar-refractivity contribution >= 4 is 5.91 Å². The Morgan fingerprint density at radius 2 is 2.22 bits per heavy atom. The third-order valence-corrected chi connectivity index (χ3v) is 3.08. The minimum Gasteiger partial charge on any atom is -0.379 e. The molecule has 5 nitrogen and oxygen atoms in total. The van der Waals surface area contributed by atoms with E-state index in [0.717, 1.165) is 13.0 Å². The van der Waals surface area contributed by atoms with Crippen molar-refractivity contribution in [3.05, 3.63) is 0 Å². The van der Waals surface area contributed by atoms with Crippen molar-refractivity contribution < 1.29 is 9.53 Å². The Balaban J connectivity index is 2.43. The van der Waals surface area contributed by atoms with Crippen LogP contribution in [0.2, 0.25) is 0 Å². The maximum Gasteiger partial charge on any atom is 0.227 e. The Labute approximate surface area is 109 Å². The lowest BCUT2D eigenvalue weighted by atomic mass is 9.95. The van der Waals surface area contributed by atoms with Gasteiger partial charge in [0.05, 0.1) is 30.6 Å². The minimum atomic E-state index is -0.526. The van der Waals surface area contributed by atoms with Gasteiger partial charge in [0.2, 0.25) is 5.91 Å². The molecule has 2 N–H and O–H groups in total. The molecular formula is C13H23N3O2. The molecule has 2 atom stereocenters. The van der Waals surface area contributed by atoms with E-state index in [4.69, 9.17) is 10.00 Å². The number of carbonyl (C=O) groups is 1. The molecule has 5 heteroatoms. The zero-order valence-electron chi connectivity index (χ0n) is 11.5. The molecule has 1 fully saturated rings. The van der Waals surface area contributed by atoms with Gasteiger partial charge in [0.15, 0.2) is 0 Å². The number of carbonyl (C=O) groups excluding carboxylic acids is 1. The van der Waals surface area contributed by atoms with Gasteiger partial charge in [-0.15, -0.1) is 0 Å². The van der Waals surface area contributed by atoms with Crippen LogP contribution in [-0.2, 0) is 9.53 Å². The average Bonchev–Trinajstić information content (AvgIpc) is 2.82. The maximum absolute atomic E-state index is 12.0. The quantitative estimate of drug-likeness (QED) is 0.729. The summed E-state index contributed by atoms with van der Waals surface area (Å²) < 4.78 is 5.36. The summed E-state index contributed by atoms with van der Waals surface area (Å²) in [6.07, 6.45) is 1.03. The van der Waals surface area contributed by atoms with Crippen molar-refractivity contribution in [2.24, 2.45) is 11.3 Å². The summed E-state index contributed by atoms with van der Waals surface area (Å²) >= 11 is 0. The summed E-state index contributed by atoms with van der Waals surface area (Å²) in [6, 6.07) is 2.26. The highest BCUT2D eigenvalue weighted by molar-refractivity contribution is 5.80. The van der Waals surface area contributed by atoms with Crippen LogP contribution in [0.3, 0.4) is 0 Å². The summed E-state index contributed by atoms with van der Waals surface area (Å²) in [6.45, 7) is 8.02. The van der Waals surface area contributed by atoms with E-state index >= 15 is 0 Å². The first-order valence-electron chi connectivity index (χ1n) is 6.50. The Kier molecular flexibility index (Phi) is 5.57. The molecule has 18 heavy (non-hydrogen) atoms. The van der Waals surface area contributed by atoms with Gasteiger partial charge in [0.25, 0.3) is 0 Å². The number of nitrogens with zero attached hydrogens (tertiary/aromatic N) is 1. The number of rotatable bonds is 6. The van der Waals surface area contributed by atoms with E-state index in [1.165, 1.54) is 0 Å². The molecule has 1 aliphatic heterocycles. The molecule has 1 saturated heterocycles. The van der Waals surface area contributed by atoms with Crippen LogP contribution in [0.1, 0.15) is 27.2 Å². The molecule has 1 heterocycles. The number of nitrogens with one attached hydrogen (secondary N) is 2. The predicted octanol–water partition coefficient (Wildman–Crippen LogP) is 0.667. The van der Waals surface area contributed by atoms with E-state index in [0.29, 0.717) is 19.8 Å². The van der Waals surface area contributed by atoms with Gasteiger partial charge in [-0.2, -0.15) is 5.26 Å². The van der Waals surface area contributed by atoms with Gasteiger partial charge in [-0.3, -0.25) is 4.79 Å². The van der Waals surface area contributed by atoms with Crippen molar-refractivity contribution in [3.63, 3.8) is 0 Å². The van der Waals surface area contributed by atoms with E-state index in [1.54, 1.807) is 0 Å². The number of amides is 1. The molecule has 1 rings (SSSR count). The summed E-state index contributed by atoms with van der Waals surface area (Å²) in [4.78, 5) is 12.0. The van der Waals surface area contributed by atoms with E-state index in [2.05, 4.69) is 23.6 Å². The third-order valence-electron chi connectivity index (χ3n) is 3.08. The Morgan fingerprint density at radius 1 is 1.50 bits per heavy atom. The molecular weight excluding hydrogens is 230 g/mol. The standard InChI is InChI=1S/C13H23N3O2/c1-4-5-15-11-7-18-6-10(11)12(17)16-9-13(2,3)8-14/h10-11,15H,4-7,9H2,1-3H3,(H,16,17). The van der Waals surface area contributed by atoms with Crippen LogP contribution in [0, 0.1) is 22.7 Å². The second-order valence-electron chi connectivity index (χ2n) is 5.42. The molecule has 1 amide bonds. The minimum absolute atomic E-state index is 0.0237. The second-order valence-corrected chi connectivity index (χ2v) is 5.42. The molecule has 0 saturated carbocycles. The predicted molar refractivity (Wildman–Crippen MR) is 68.8 cm³/mol. The molecule has 0 aromatic carbocycles. The summed E-state index contributed by atoms with van der Waals surface area (Å²) in [5.74, 6) is -0.171. The van der Waals surface area contributed by atoms with Gasteiger partial charge >= 0.3 is 0 Å². The highest BCUT2D eigenvalue weighted by Gasteiger charge is 2.34. The lowest BCUT2D eigenvalue weighted by molar-refractivity contribution is -0.125. The molecule has 1 aliphatic rings. The number of hydrogen-bond donors (Lipinski definition) is 2. The Hall–Kier alpha value is -1.12. The molecule has 0 aromatic heterocycles. The van der Waals surface area contributed by atoms with E-state index < -0.39 is 5.41 Å². The van der Waals surface area contributed by atoms with Crippen LogP contribution >= 0.6 is 0 Å². The van der Waals surface area contributed by atoms with Crippen molar-refractivity contribution in [2.45, 2.75) is 33.2 Å². The molecule has 0 aliphatic carbocycles. The zero-order chi connectivity index (χ0) is 13.6. The topological polar surface area (TPSA) is 74.2 Å². The van der Waals surface area contributed by atoms with Crippen molar-refractivity contribution in [2.75, 3.05) is 26.3 Å². The second kappa shape index (κ2) is 6.72. The zero-order valence-corrected chi connectivity index (χ0v) is 11.5. The molecule has 0 radical (unpaired) electrons. The third kappa shape index (κ3) is 4.28. The normalized spacial score (nSPS) is 23.7. The molecule has 0 bridgehead atoms. The first-order chi connectivity index (χ1) is 8.50. The summed E-state index contributed by atoms with van der Waals surface area (Å²) in [5, 5.41) is 15.1. The largest absolute Gasteiger partial charge is 0.379 e. The first kappa shape index (κ1) is 14.9. The van der Waals surface area contributed by atoms with Crippen molar-refractivity contribution in [3.8, 4) is 6.07 Å². The smallest absolute Gasteiger partial charge is 0.227 e. The number of nitriles is 1. The van der Waals surface area contributed by atoms with Crippen molar-refractivity contribution in [1.29, 1.82) is 5.26 Å². The average molecular weight is 253 g/mol. The van der Waals surface area contributed by atoms with Crippen LogP contribution in [-0.4, -0.2) is 38.3 Å². The Morgan fingerprint density at radius 3 is 2.83 bits per heavy atom. The van der Waals surface area contributed by atoms with Gasteiger partial charge in [-0.25, -0.2) is 0 Å². The molecule has 0 aromatic rings. The van der Waals surface area contributed by atoms with Gasteiger partial charge in [-0.1, -0.05) is 6.92 Å². The monoisotopic (exact) mass is 253 g/mol. The fourth-order valence-corrected chi connectivity index (χ4v) is 1.82. The van der Waals surface area contributed by atoms with E-state index in [1.807, 2.05) is 13.8 Å². The lowest BCUT2D eigenvalue weighted by Crippen LogP contribution is -2.46. The maximum atomic E-state index is 12.0. The van der Waals surface area contributed by atoms with E-state index in [-0.39, 0.29) is 17.9 Å². The van der Waals surface area contributed by atoms with Crippen LogP contribution < -0.4 is 10.6 Å². The summed E-state index contributed by atoms with van der Waals surface area (Å²) in [7, 11) is 0. The molecule has 2 unspecified atom stereocenters.